The average Bonchev–Trinajstić information content (AvgIpc) is 3.37. The predicted octanol–water partition coefficient (Wildman–Crippen LogP) is 5.54. The second kappa shape index (κ2) is 10.3. The van der Waals surface area contributed by atoms with Crippen molar-refractivity contribution in [2.24, 2.45) is 0 Å². The molecule has 4 aromatic rings. The van der Waals surface area contributed by atoms with E-state index in [0.29, 0.717) is 6.04 Å². The van der Waals surface area contributed by atoms with E-state index in [-0.39, 0.29) is 0 Å². The summed E-state index contributed by atoms with van der Waals surface area (Å²) in [6, 6.07) is 24.9. The Morgan fingerprint density at radius 2 is 1.66 bits per heavy atom. The average molecular weight is 502 g/mol. The maximum Gasteiger partial charge on any atom is 0.0607 e. The smallest absolute Gasteiger partial charge is 0.0607 e. The van der Waals surface area contributed by atoms with Gasteiger partial charge in [0.2, 0.25) is 0 Å². The van der Waals surface area contributed by atoms with Crippen LogP contribution in [0.15, 0.2) is 79.1 Å². The van der Waals surface area contributed by atoms with Crippen LogP contribution in [0.1, 0.15) is 52.5 Å². The molecule has 0 bridgehead atoms. The molecule has 7 rings (SSSR count). The summed E-state index contributed by atoms with van der Waals surface area (Å²) in [6.07, 6.45) is 8.41. The van der Waals surface area contributed by atoms with Gasteiger partial charge in [0.15, 0.2) is 0 Å². The molecule has 1 aliphatic heterocycles. The van der Waals surface area contributed by atoms with Crippen LogP contribution in [0.4, 0.5) is 5.69 Å². The number of aryl methyl sites for hydroxylation is 1. The van der Waals surface area contributed by atoms with Gasteiger partial charge in [-0.05, 0) is 76.9 Å². The summed E-state index contributed by atoms with van der Waals surface area (Å²) in [6.45, 7) is 5.98. The van der Waals surface area contributed by atoms with E-state index in [9.17, 15) is 0 Å². The van der Waals surface area contributed by atoms with Gasteiger partial charge in [0.1, 0.15) is 0 Å². The lowest BCUT2D eigenvalue weighted by Crippen LogP contribution is -2.43. The molecule has 1 N–H and O–H groups in total. The molecule has 0 radical (unpaired) electrons. The molecule has 1 fully saturated rings. The zero-order chi connectivity index (χ0) is 25.3. The quantitative estimate of drug-likeness (QED) is 0.331. The van der Waals surface area contributed by atoms with Crippen LogP contribution < -0.4 is 10.2 Å². The van der Waals surface area contributed by atoms with Crippen molar-refractivity contribution in [3.8, 4) is 11.1 Å². The predicted molar refractivity (Wildman–Crippen MR) is 153 cm³/mol. The van der Waals surface area contributed by atoms with Gasteiger partial charge in [0.25, 0.3) is 0 Å². The fourth-order valence-corrected chi connectivity index (χ4v) is 6.63. The van der Waals surface area contributed by atoms with Crippen LogP contribution in [0.2, 0.25) is 0 Å². The summed E-state index contributed by atoms with van der Waals surface area (Å²) in [5.41, 5.74) is 12.1. The molecular formula is C33H35N5. The summed E-state index contributed by atoms with van der Waals surface area (Å²) in [7, 11) is 0. The molecule has 38 heavy (non-hydrogen) atoms. The van der Waals surface area contributed by atoms with Crippen molar-refractivity contribution in [2.75, 3.05) is 31.1 Å². The van der Waals surface area contributed by atoms with Crippen molar-refractivity contribution in [1.29, 1.82) is 0 Å². The van der Waals surface area contributed by atoms with Crippen molar-refractivity contribution in [1.82, 2.24) is 20.2 Å². The molecular weight excluding hydrogens is 466 g/mol. The zero-order valence-electron chi connectivity index (χ0n) is 21.9. The highest BCUT2D eigenvalue weighted by atomic mass is 15.2. The Morgan fingerprint density at radius 3 is 2.55 bits per heavy atom. The van der Waals surface area contributed by atoms with Gasteiger partial charge >= 0.3 is 0 Å². The third-order valence-corrected chi connectivity index (χ3v) is 8.58. The van der Waals surface area contributed by atoms with Gasteiger partial charge in [-0.25, -0.2) is 0 Å². The van der Waals surface area contributed by atoms with Crippen molar-refractivity contribution >= 4 is 5.69 Å². The van der Waals surface area contributed by atoms with Crippen LogP contribution in [0.5, 0.6) is 0 Å². The number of nitrogens with zero attached hydrogens (tertiary/aromatic N) is 4. The van der Waals surface area contributed by atoms with E-state index in [0.717, 1.165) is 58.5 Å². The number of rotatable bonds is 6. The van der Waals surface area contributed by atoms with Gasteiger partial charge in [-0.3, -0.25) is 14.9 Å². The first-order chi connectivity index (χ1) is 18.8. The van der Waals surface area contributed by atoms with E-state index in [1.165, 1.54) is 56.9 Å². The van der Waals surface area contributed by atoms with Crippen LogP contribution in [0.25, 0.3) is 11.1 Å². The highest BCUT2D eigenvalue weighted by molar-refractivity contribution is 5.77. The number of nitrogens with one attached hydrogen (secondary N) is 1. The van der Waals surface area contributed by atoms with E-state index >= 15 is 0 Å². The first-order valence-corrected chi connectivity index (χ1v) is 14.1. The fraction of sp³-hybridized carbons (Fsp3) is 0.333. The van der Waals surface area contributed by atoms with Gasteiger partial charge in [0.05, 0.1) is 17.4 Å². The number of pyridine rings is 2. The molecule has 0 unspecified atom stereocenters. The molecule has 0 amide bonds. The minimum absolute atomic E-state index is 0.300. The molecule has 2 aliphatic carbocycles. The molecule has 5 nitrogen and oxygen atoms in total. The minimum atomic E-state index is 0.300. The third kappa shape index (κ3) is 4.50. The molecule has 0 spiro atoms. The summed E-state index contributed by atoms with van der Waals surface area (Å²) in [5.74, 6) is 0. The number of anilines is 1. The molecule has 5 heteroatoms. The first kappa shape index (κ1) is 23.6. The van der Waals surface area contributed by atoms with Crippen molar-refractivity contribution in [2.45, 2.75) is 44.8 Å². The Hall–Kier alpha value is -3.54. The molecule has 1 saturated heterocycles. The molecule has 1 atom stereocenters. The van der Waals surface area contributed by atoms with Crippen LogP contribution in [0, 0.1) is 0 Å². The van der Waals surface area contributed by atoms with Crippen molar-refractivity contribution in [3.63, 3.8) is 0 Å². The van der Waals surface area contributed by atoms with Crippen LogP contribution in [-0.4, -0.2) is 41.0 Å². The standard InChI is InChI=1S/C33H35N5/c1-2-8-28-26(5-1)21-30-29(28)14-16-35-31(30)23-38(32-9-3-6-25-7-4-15-36-33(25)32)22-24-10-12-27(13-11-24)37-19-17-34-18-20-37/h1-2,4-5,7-8,10-16,32,34H,3,6,9,17-23H2/t32-/m0/s1. The Labute approximate surface area is 225 Å². The van der Waals surface area contributed by atoms with Gasteiger partial charge in [-0.2, -0.15) is 0 Å². The monoisotopic (exact) mass is 501 g/mol. The number of hydrogen-bond donors (Lipinski definition) is 1. The fourth-order valence-electron chi connectivity index (χ4n) is 6.63. The maximum absolute atomic E-state index is 4.97. The van der Waals surface area contributed by atoms with E-state index in [2.05, 4.69) is 81.8 Å². The molecule has 192 valence electrons. The van der Waals surface area contributed by atoms with Gasteiger partial charge < -0.3 is 10.2 Å². The summed E-state index contributed by atoms with van der Waals surface area (Å²) >= 11 is 0. The Kier molecular flexibility index (Phi) is 6.40. The maximum atomic E-state index is 4.97. The van der Waals surface area contributed by atoms with Crippen molar-refractivity contribution < 1.29 is 0 Å². The molecule has 3 heterocycles. The molecule has 0 saturated carbocycles. The number of hydrogen-bond acceptors (Lipinski definition) is 5. The summed E-state index contributed by atoms with van der Waals surface area (Å²) in [5, 5.41) is 3.45. The van der Waals surface area contributed by atoms with Gasteiger partial charge in [-0.1, -0.05) is 42.5 Å². The number of fused-ring (bicyclic) bond motifs is 4. The molecule has 2 aromatic heterocycles. The second-order valence-corrected chi connectivity index (χ2v) is 10.9. The molecule has 3 aliphatic rings. The lowest BCUT2D eigenvalue weighted by Gasteiger charge is -2.35. The topological polar surface area (TPSA) is 44.3 Å². The normalized spacial score (nSPS) is 18.2. The Balaban J connectivity index is 1.21. The summed E-state index contributed by atoms with van der Waals surface area (Å²) < 4.78 is 0. The Morgan fingerprint density at radius 1 is 0.816 bits per heavy atom. The SMILES string of the molecule is c1ccc2c(c1)Cc1c-2ccnc1CN(Cc1ccc(N2CCNCC2)cc1)[C@H]1CCCc2cccnc21. The largest absolute Gasteiger partial charge is 0.369 e. The minimum Gasteiger partial charge on any atom is -0.369 e. The van der Waals surface area contributed by atoms with Gasteiger partial charge in [-0.15, -0.1) is 0 Å². The highest BCUT2D eigenvalue weighted by Gasteiger charge is 2.30. The number of aromatic nitrogens is 2. The first-order valence-electron chi connectivity index (χ1n) is 14.1. The molecule has 2 aromatic carbocycles. The summed E-state index contributed by atoms with van der Waals surface area (Å²) in [4.78, 5) is 15.0. The lowest BCUT2D eigenvalue weighted by molar-refractivity contribution is 0.155. The number of piperazine rings is 1. The van der Waals surface area contributed by atoms with Gasteiger partial charge in [0, 0.05) is 63.8 Å². The van der Waals surface area contributed by atoms with Crippen LogP contribution in [0.3, 0.4) is 0 Å². The lowest BCUT2D eigenvalue weighted by atomic mass is 9.90. The Bertz CT molecular complexity index is 1420. The van der Waals surface area contributed by atoms with E-state index in [1.54, 1.807) is 0 Å². The van der Waals surface area contributed by atoms with E-state index in [4.69, 9.17) is 9.97 Å². The second-order valence-electron chi connectivity index (χ2n) is 10.9. The zero-order valence-corrected chi connectivity index (χ0v) is 21.9. The van der Waals surface area contributed by atoms with Crippen LogP contribution in [-0.2, 0) is 25.9 Å². The third-order valence-electron chi connectivity index (χ3n) is 8.58. The van der Waals surface area contributed by atoms with Crippen LogP contribution >= 0.6 is 0 Å². The number of benzene rings is 2. The van der Waals surface area contributed by atoms with E-state index < -0.39 is 0 Å². The highest BCUT2D eigenvalue weighted by Crippen LogP contribution is 2.40. The van der Waals surface area contributed by atoms with Crippen molar-refractivity contribution in [3.05, 3.63) is 113 Å². The van der Waals surface area contributed by atoms with E-state index in [1.807, 2.05) is 12.4 Å².